The van der Waals surface area contributed by atoms with E-state index in [0.717, 1.165) is 24.8 Å². The number of benzene rings is 1. The monoisotopic (exact) mass is 393 g/mol. The molecule has 0 bridgehead atoms. The van der Waals surface area contributed by atoms with Crippen LogP contribution >= 0.6 is 11.3 Å². The number of anilines is 1. The van der Waals surface area contributed by atoms with Crippen LogP contribution in [0.4, 0.5) is 5.69 Å². The molecule has 1 heterocycles. The molecule has 1 aliphatic carbocycles. The lowest BCUT2D eigenvalue weighted by Crippen LogP contribution is -2.29. The van der Waals surface area contributed by atoms with Gasteiger partial charge in [0, 0.05) is 29.0 Å². The average Bonchev–Trinajstić information content (AvgIpc) is 3.03. The second-order valence-electron chi connectivity index (χ2n) is 6.57. The summed E-state index contributed by atoms with van der Waals surface area (Å²) in [7, 11) is -3.63. The molecule has 6 nitrogen and oxygen atoms in total. The van der Waals surface area contributed by atoms with Crippen LogP contribution in [-0.2, 0) is 22.9 Å². The van der Waals surface area contributed by atoms with Gasteiger partial charge in [-0.1, -0.05) is 13.0 Å². The van der Waals surface area contributed by atoms with Crippen molar-refractivity contribution in [2.75, 3.05) is 18.4 Å². The predicted octanol–water partition coefficient (Wildman–Crippen LogP) is 2.36. The Morgan fingerprint density at radius 3 is 2.96 bits per heavy atom. The van der Waals surface area contributed by atoms with E-state index in [1.807, 2.05) is 5.38 Å². The van der Waals surface area contributed by atoms with Gasteiger partial charge in [0.25, 0.3) is 5.91 Å². The molecule has 0 spiro atoms. The van der Waals surface area contributed by atoms with E-state index in [9.17, 15) is 13.2 Å². The van der Waals surface area contributed by atoms with Crippen LogP contribution in [0, 0.1) is 5.92 Å². The van der Waals surface area contributed by atoms with E-state index in [-0.39, 0.29) is 23.9 Å². The minimum atomic E-state index is -3.63. The van der Waals surface area contributed by atoms with E-state index < -0.39 is 10.0 Å². The summed E-state index contributed by atoms with van der Waals surface area (Å²) >= 11 is 1.63. The number of fused-ring (bicyclic) bond motifs is 1. The predicted molar refractivity (Wildman–Crippen MR) is 104 cm³/mol. The SMILES string of the molecule is CC1CCc2c(C(=O)Nc3cccc(S(=O)(=O)NCCN)c3)csc2C1. The number of rotatable bonds is 6. The number of nitrogens with one attached hydrogen (secondary N) is 2. The molecule has 0 aliphatic heterocycles. The lowest BCUT2D eigenvalue weighted by Gasteiger charge is -2.18. The van der Waals surface area contributed by atoms with Crippen molar-refractivity contribution in [3.63, 3.8) is 0 Å². The molecule has 1 aromatic carbocycles. The first-order valence-electron chi connectivity index (χ1n) is 8.61. The largest absolute Gasteiger partial charge is 0.329 e. The van der Waals surface area contributed by atoms with Crippen LogP contribution in [0.1, 0.15) is 34.1 Å². The summed E-state index contributed by atoms with van der Waals surface area (Å²) in [4.78, 5) is 14.1. The van der Waals surface area contributed by atoms with Gasteiger partial charge in [0.2, 0.25) is 10.0 Å². The number of hydrogen-bond acceptors (Lipinski definition) is 5. The molecule has 0 saturated carbocycles. The average molecular weight is 394 g/mol. The molecule has 1 amide bonds. The van der Waals surface area contributed by atoms with Crippen molar-refractivity contribution < 1.29 is 13.2 Å². The van der Waals surface area contributed by atoms with Crippen LogP contribution in [0.25, 0.3) is 0 Å². The minimum absolute atomic E-state index is 0.102. The molecular formula is C18H23N3O3S2. The Balaban J connectivity index is 1.78. The van der Waals surface area contributed by atoms with Gasteiger partial charge in [-0.05, 0) is 48.9 Å². The van der Waals surface area contributed by atoms with E-state index in [2.05, 4.69) is 17.0 Å². The lowest BCUT2D eigenvalue weighted by atomic mass is 9.88. The highest BCUT2D eigenvalue weighted by atomic mass is 32.2. The number of sulfonamides is 1. The number of thiophene rings is 1. The first kappa shape index (κ1) is 19.0. The van der Waals surface area contributed by atoms with Crippen molar-refractivity contribution in [1.29, 1.82) is 0 Å². The molecular weight excluding hydrogens is 370 g/mol. The van der Waals surface area contributed by atoms with Crippen molar-refractivity contribution in [2.24, 2.45) is 11.7 Å². The second-order valence-corrected chi connectivity index (χ2v) is 9.30. The quantitative estimate of drug-likeness (QED) is 0.701. The molecule has 3 rings (SSSR count). The molecule has 1 aromatic heterocycles. The third-order valence-corrected chi connectivity index (χ3v) is 6.99. The summed E-state index contributed by atoms with van der Waals surface area (Å²) < 4.78 is 26.8. The number of amides is 1. The Hall–Kier alpha value is -1.74. The Labute approximate surface area is 157 Å². The van der Waals surface area contributed by atoms with Crippen LogP contribution in [0.2, 0.25) is 0 Å². The van der Waals surface area contributed by atoms with Crippen LogP contribution in [-0.4, -0.2) is 27.4 Å². The van der Waals surface area contributed by atoms with Crippen LogP contribution in [0.3, 0.4) is 0 Å². The van der Waals surface area contributed by atoms with Crippen molar-refractivity contribution in [2.45, 2.75) is 31.1 Å². The molecule has 1 unspecified atom stereocenters. The zero-order valence-electron chi connectivity index (χ0n) is 14.6. The number of carbonyl (C=O) groups is 1. The molecule has 140 valence electrons. The third-order valence-electron chi connectivity index (χ3n) is 4.48. The summed E-state index contributed by atoms with van der Waals surface area (Å²) in [5, 5.41) is 4.73. The summed E-state index contributed by atoms with van der Waals surface area (Å²) in [5.74, 6) is 0.460. The van der Waals surface area contributed by atoms with Gasteiger partial charge < -0.3 is 11.1 Å². The lowest BCUT2D eigenvalue weighted by molar-refractivity contribution is 0.102. The maximum atomic E-state index is 12.7. The first-order valence-corrected chi connectivity index (χ1v) is 11.0. The van der Waals surface area contributed by atoms with E-state index >= 15 is 0 Å². The van der Waals surface area contributed by atoms with Crippen LogP contribution in [0.15, 0.2) is 34.5 Å². The highest BCUT2D eigenvalue weighted by Crippen LogP contribution is 2.33. The molecule has 1 atom stereocenters. The fraction of sp³-hybridized carbons (Fsp3) is 0.389. The zero-order valence-corrected chi connectivity index (χ0v) is 16.3. The molecule has 8 heteroatoms. The van der Waals surface area contributed by atoms with E-state index in [0.29, 0.717) is 17.2 Å². The summed E-state index contributed by atoms with van der Waals surface area (Å²) in [6.07, 6.45) is 3.03. The van der Waals surface area contributed by atoms with Crippen molar-refractivity contribution in [1.82, 2.24) is 4.72 Å². The van der Waals surface area contributed by atoms with E-state index in [4.69, 9.17) is 5.73 Å². The van der Waals surface area contributed by atoms with Crippen molar-refractivity contribution >= 4 is 33.0 Å². The normalized spacial score (nSPS) is 16.9. The Morgan fingerprint density at radius 2 is 2.19 bits per heavy atom. The summed E-state index contributed by atoms with van der Waals surface area (Å²) in [5.41, 5.74) is 7.64. The van der Waals surface area contributed by atoms with Gasteiger partial charge in [0.05, 0.1) is 10.5 Å². The number of nitrogens with two attached hydrogens (primary N) is 1. The number of carbonyl (C=O) groups excluding carboxylic acids is 1. The highest BCUT2D eigenvalue weighted by molar-refractivity contribution is 7.89. The maximum absolute atomic E-state index is 12.7. The van der Waals surface area contributed by atoms with Crippen molar-refractivity contribution in [3.8, 4) is 0 Å². The van der Waals surface area contributed by atoms with Crippen LogP contribution in [0.5, 0.6) is 0 Å². The molecule has 0 fully saturated rings. The van der Waals surface area contributed by atoms with Gasteiger partial charge >= 0.3 is 0 Å². The molecule has 0 saturated heterocycles. The van der Waals surface area contributed by atoms with Gasteiger partial charge in [-0.3, -0.25) is 4.79 Å². The Bertz CT molecular complexity index is 906. The first-order chi connectivity index (χ1) is 12.4. The van der Waals surface area contributed by atoms with Gasteiger partial charge in [-0.2, -0.15) is 0 Å². The molecule has 26 heavy (non-hydrogen) atoms. The smallest absolute Gasteiger partial charge is 0.256 e. The maximum Gasteiger partial charge on any atom is 0.256 e. The topological polar surface area (TPSA) is 101 Å². The molecule has 0 radical (unpaired) electrons. The van der Waals surface area contributed by atoms with Gasteiger partial charge in [0.15, 0.2) is 0 Å². The molecule has 2 aromatic rings. The van der Waals surface area contributed by atoms with Crippen LogP contribution < -0.4 is 15.8 Å². The standard InChI is InChI=1S/C18H23N3O3S2/c1-12-5-6-15-16(11-25-17(15)9-12)18(22)21-13-3-2-4-14(10-13)26(23,24)20-8-7-19/h2-4,10-12,20H,5-9,19H2,1H3,(H,21,22). The molecule has 1 aliphatic rings. The second kappa shape index (κ2) is 7.87. The van der Waals surface area contributed by atoms with E-state index in [1.54, 1.807) is 23.5 Å². The van der Waals surface area contributed by atoms with Gasteiger partial charge in [-0.25, -0.2) is 13.1 Å². The Morgan fingerprint density at radius 1 is 1.38 bits per heavy atom. The fourth-order valence-corrected chi connectivity index (χ4v) is 5.42. The summed E-state index contributed by atoms with van der Waals surface area (Å²) in [6, 6.07) is 6.23. The van der Waals surface area contributed by atoms with Gasteiger partial charge in [-0.15, -0.1) is 11.3 Å². The van der Waals surface area contributed by atoms with Gasteiger partial charge in [0.1, 0.15) is 0 Å². The number of hydrogen-bond donors (Lipinski definition) is 3. The molecule has 4 N–H and O–H groups in total. The Kier molecular flexibility index (Phi) is 5.76. The van der Waals surface area contributed by atoms with Crippen molar-refractivity contribution in [3.05, 3.63) is 45.6 Å². The minimum Gasteiger partial charge on any atom is -0.329 e. The summed E-state index contributed by atoms with van der Waals surface area (Å²) in [6.45, 7) is 2.61. The fourth-order valence-electron chi connectivity index (χ4n) is 3.08. The highest BCUT2D eigenvalue weighted by Gasteiger charge is 2.23. The zero-order chi connectivity index (χ0) is 18.7. The van der Waals surface area contributed by atoms with E-state index in [1.165, 1.54) is 17.0 Å². The third kappa shape index (κ3) is 4.15.